The summed E-state index contributed by atoms with van der Waals surface area (Å²) in [6, 6.07) is 0. The van der Waals surface area contributed by atoms with E-state index in [-0.39, 0.29) is 44.2 Å². The van der Waals surface area contributed by atoms with Crippen LogP contribution in [0.3, 0.4) is 0 Å². The van der Waals surface area contributed by atoms with Gasteiger partial charge in [-0.1, -0.05) is 52.8 Å². The largest absolute Gasteiger partial charge is 0.481 e. The van der Waals surface area contributed by atoms with Crippen molar-refractivity contribution < 1.29 is 19.5 Å². The minimum absolute atomic E-state index is 0.0402. The Bertz CT molecular complexity index is 658. The average Bonchev–Trinajstić information content (AvgIpc) is 2.74. The fourth-order valence-corrected chi connectivity index (χ4v) is 3.34. The molecule has 0 atom stereocenters. The second-order valence-electron chi connectivity index (χ2n) is 4.97. The number of nitrogens with zero attached hydrogens (tertiary/aromatic N) is 1. The molecule has 0 radical (unpaired) electrons. The SMILES string of the molecule is O=C(O)CCCCCN1C(=O)c2c(Cl)c(Cl)c(Cl)c(Cl)c2C1=O. The lowest BCUT2D eigenvalue weighted by molar-refractivity contribution is -0.137. The molecule has 0 saturated heterocycles. The average molecular weight is 399 g/mol. The number of carbonyl (C=O) groups is 3. The second-order valence-corrected chi connectivity index (χ2v) is 6.48. The Kier molecular flexibility index (Phi) is 5.79. The van der Waals surface area contributed by atoms with Crippen LogP contribution >= 0.6 is 46.4 Å². The van der Waals surface area contributed by atoms with E-state index in [4.69, 9.17) is 51.5 Å². The highest BCUT2D eigenvalue weighted by atomic mass is 35.5. The van der Waals surface area contributed by atoms with Gasteiger partial charge in [0.2, 0.25) is 0 Å². The Labute approximate surface area is 152 Å². The normalized spacial score (nSPS) is 13.7. The minimum atomic E-state index is -0.881. The van der Waals surface area contributed by atoms with Crippen LogP contribution in [0.5, 0.6) is 0 Å². The van der Waals surface area contributed by atoms with Gasteiger partial charge in [0.1, 0.15) is 0 Å². The Hall–Kier alpha value is -1.01. The Morgan fingerprint density at radius 2 is 1.30 bits per heavy atom. The molecule has 1 aromatic carbocycles. The van der Waals surface area contributed by atoms with E-state index in [0.29, 0.717) is 19.3 Å². The predicted octanol–water partition coefficient (Wildman–Crippen LogP) is 4.54. The third-order valence-corrected chi connectivity index (χ3v) is 5.26. The van der Waals surface area contributed by atoms with Gasteiger partial charge in [-0.25, -0.2) is 0 Å². The third-order valence-electron chi connectivity index (χ3n) is 3.46. The lowest BCUT2D eigenvalue weighted by atomic mass is 10.1. The first-order chi connectivity index (χ1) is 10.8. The van der Waals surface area contributed by atoms with Crippen molar-refractivity contribution in [1.82, 2.24) is 4.90 Å². The maximum Gasteiger partial charge on any atom is 0.303 e. The van der Waals surface area contributed by atoms with E-state index >= 15 is 0 Å². The number of carboxylic acid groups (broad SMARTS) is 1. The fraction of sp³-hybridized carbons (Fsp3) is 0.357. The number of aliphatic carboxylic acids is 1. The van der Waals surface area contributed by atoms with E-state index < -0.39 is 17.8 Å². The number of imide groups is 1. The Morgan fingerprint density at radius 3 is 1.74 bits per heavy atom. The second kappa shape index (κ2) is 7.26. The van der Waals surface area contributed by atoms with Crippen LogP contribution in [-0.2, 0) is 4.79 Å². The summed E-state index contributed by atoms with van der Waals surface area (Å²) < 4.78 is 0. The van der Waals surface area contributed by atoms with Crippen molar-refractivity contribution in [1.29, 1.82) is 0 Å². The lowest BCUT2D eigenvalue weighted by Gasteiger charge is -2.13. The molecule has 0 aliphatic carbocycles. The van der Waals surface area contributed by atoms with Gasteiger partial charge < -0.3 is 5.11 Å². The Morgan fingerprint density at radius 1 is 0.826 bits per heavy atom. The zero-order valence-corrected chi connectivity index (χ0v) is 14.7. The first kappa shape index (κ1) is 18.3. The van der Waals surface area contributed by atoms with Gasteiger partial charge in [0.25, 0.3) is 11.8 Å². The van der Waals surface area contributed by atoms with Crippen LogP contribution in [0, 0.1) is 0 Å². The van der Waals surface area contributed by atoms with E-state index in [1.165, 1.54) is 0 Å². The lowest BCUT2D eigenvalue weighted by Crippen LogP contribution is -2.30. The number of halogens is 4. The summed E-state index contributed by atoms with van der Waals surface area (Å²) in [5, 5.41) is 8.24. The van der Waals surface area contributed by atoms with Gasteiger partial charge in [0, 0.05) is 13.0 Å². The molecule has 0 fully saturated rings. The summed E-state index contributed by atoms with van der Waals surface area (Å²) in [7, 11) is 0. The number of carboxylic acids is 1. The molecule has 0 saturated carbocycles. The number of unbranched alkanes of at least 4 members (excludes halogenated alkanes) is 2. The van der Waals surface area contributed by atoms with Gasteiger partial charge in [-0.2, -0.15) is 0 Å². The van der Waals surface area contributed by atoms with Gasteiger partial charge in [-0.05, 0) is 12.8 Å². The van der Waals surface area contributed by atoms with Gasteiger partial charge in [-0.3, -0.25) is 19.3 Å². The zero-order valence-electron chi connectivity index (χ0n) is 11.7. The van der Waals surface area contributed by atoms with Gasteiger partial charge in [0.15, 0.2) is 0 Å². The molecule has 1 aliphatic heterocycles. The molecule has 0 spiro atoms. The van der Waals surface area contributed by atoms with E-state index in [1.54, 1.807) is 0 Å². The predicted molar refractivity (Wildman–Crippen MR) is 88.0 cm³/mol. The van der Waals surface area contributed by atoms with Crippen molar-refractivity contribution in [3.63, 3.8) is 0 Å². The maximum absolute atomic E-state index is 12.4. The molecular formula is C14H11Cl4NO4. The molecule has 1 heterocycles. The topological polar surface area (TPSA) is 74.7 Å². The number of carbonyl (C=O) groups excluding carboxylic acids is 2. The van der Waals surface area contributed by atoms with Crippen molar-refractivity contribution in [2.75, 3.05) is 6.54 Å². The first-order valence-electron chi connectivity index (χ1n) is 6.71. The van der Waals surface area contributed by atoms with Crippen LogP contribution in [0.25, 0.3) is 0 Å². The Balaban J connectivity index is 2.17. The summed E-state index contributed by atoms with van der Waals surface area (Å²) in [4.78, 5) is 36.2. The van der Waals surface area contributed by atoms with Gasteiger partial charge in [0.05, 0.1) is 31.2 Å². The van der Waals surface area contributed by atoms with Crippen molar-refractivity contribution in [2.24, 2.45) is 0 Å². The summed E-state index contributed by atoms with van der Waals surface area (Å²) in [6.45, 7) is 0.147. The molecule has 1 N–H and O–H groups in total. The van der Waals surface area contributed by atoms with Crippen LogP contribution in [0.4, 0.5) is 0 Å². The molecule has 2 rings (SSSR count). The quantitative estimate of drug-likeness (QED) is 0.330. The number of hydrogen-bond acceptors (Lipinski definition) is 3. The molecule has 124 valence electrons. The summed E-state index contributed by atoms with van der Waals surface area (Å²) in [5.41, 5.74) is -0.0804. The highest BCUT2D eigenvalue weighted by Crippen LogP contribution is 2.44. The van der Waals surface area contributed by atoms with Gasteiger partial charge >= 0.3 is 5.97 Å². The molecule has 0 unspecified atom stereocenters. The van der Waals surface area contributed by atoms with Crippen molar-refractivity contribution in [2.45, 2.75) is 25.7 Å². The smallest absolute Gasteiger partial charge is 0.303 e. The van der Waals surface area contributed by atoms with E-state index in [2.05, 4.69) is 0 Å². The summed E-state index contributed by atoms with van der Waals surface area (Å²) in [5.74, 6) is -2.03. The molecule has 1 aliphatic rings. The standard InChI is InChI=1S/C14H11Cl4NO4/c15-9-7-8(10(16)12(18)11(9)17)14(23)19(13(7)22)5-3-1-2-4-6(20)21/h1-5H2,(H,20,21). The van der Waals surface area contributed by atoms with Crippen LogP contribution < -0.4 is 0 Å². The molecule has 2 amide bonds. The summed E-state index contributed by atoms with van der Waals surface area (Å²) >= 11 is 23.9. The molecule has 0 bridgehead atoms. The number of rotatable bonds is 6. The molecular weight excluding hydrogens is 388 g/mol. The maximum atomic E-state index is 12.4. The number of benzene rings is 1. The number of hydrogen-bond donors (Lipinski definition) is 1. The fourth-order valence-electron chi connectivity index (χ4n) is 2.32. The van der Waals surface area contributed by atoms with Crippen molar-refractivity contribution >= 4 is 64.2 Å². The van der Waals surface area contributed by atoms with E-state index in [9.17, 15) is 14.4 Å². The highest BCUT2D eigenvalue weighted by molar-refractivity contribution is 6.55. The minimum Gasteiger partial charge on any atom is -0.481 e. The van der Waals surface area contributed by atoms with Crippen LogP contribution in [0.15, 0.2) is 0 Å². The number of fused-ring (bicyclic) bond motifs is 1. The molecule has 23 heavy (non-hydrogen) atoms. The van der Waals surface area contributed by atoms with Crippen LogP contribution in [-0.4, -0.2) is 34.3 Å². The number of amides is 2. The first-order valence-corrected chi connectivity index (χ1v) is 8.22. The molecule has 9 heteroatoms. The van der Waals surface area contributed by atoms with E-state index in [1.807, 2.05) is 0 Å². The van der Waals surface area contributed by atoms with Crippen LogP contribution in [0.2, 0.25) is 20.1 Å². The van der Waals surface area contributed by atoms with Crippen molar-refractivity contribution in [3.8, 4) is 0 Å². The van der Waals surface area contributed by atoms with E-state index in [0.717, 1.165) is 4.90 Å². The van der Waals surface area contributed by atoms with Crippen LogP contribution in [0.1, 0.15) is 46.4 Å². The molecule has 0 aromatic heterocycles. The molecule has 1 aromatic rings. The monoisotopic (exact) mass is 397 g/mol. The van der Waals surface area contributed by atoms with Gasteiger partial charge in [-0.15, -0.1) is 0 Å². The third kappa shape index (κ3) is 3.43. The van der Waals surface area contributed by atoms with Crippen molar-refractivity contribution in [3.05, 3.63) is 31.2 Å². The highest BCUT2D eigenvalue weighted by Gasteiger charge is 2.41. The summed E-state index contributed by atoms with van der Waals surface area (Å²) in [6.07, 6.45) is 1.57. The molecule has 5 nitrogen and oxygen atoms in total. The zero-order chi connectivity index (χ0) is 17.3.